The van der Waals surface area contributed by atoms with Crippen LogP contribution in [0.2, 0.25) is 0 Å². The van der Waals surface area contributed by atoms with E-state index < -0.39 is 0 Å². The molecule has 1 rings (SSSR count). The fraction of sp³-hybridized carbons (Fsp3) is 0.727. The third kappa shape index (κ3) is 4.95. The Labute approximate surface area is 90.3 Å². The van der Waals surface area contributed by atoms with Crippen molar-refractivity contribution in [3.05, 3.63) is 12.2 Å². The molecular formula is C11H19NO3. The molecule has 0 heterocycles. The van der Waals surface area contributed by atoms with Gasteiger partial charge in [-0.25, -0.2) is 4.79 Å². The Balaban J connectivity index is 1.94. The summed E-state index contributed by atoms with van der Waals surface area (Å²) in [5.74, 6) is 0.300. The van der Waals surface area contributed by atoms with E-state index in [-0.39, 0.29) is 12.1 Å². The quantitative estimate of drug-likeness (QED) is 0.382. The van der Waals surface area contributed by atoms with E-state index in [0.29, 0.717) is 19.1 Å². The number of carbonyl (C=O) groups is 1. The molecule has 0 aromatic carbocycles. The largest absolute Gasteiger partial charge is 0.463 e. The lowest BCUT2D eigenvalue weighted by atomic mass is 9.82. The Morgan fingerprint density at radius 1 is 1.60 bits per heavy atom. The molecule has 0 atom stereocenters. The van der Waals surface area contributed by atoms with Gasteiger partial charge in [0.2, 0.25) is 0 Å². The number of ether oxygens (including phenoxy) is 1. The fourth-order valence-electron chi connectivity index (χ4n) is 1.58. The van der Waals surface area contributed by atoms with E-state index in [2.05, 4.69) is 5.32 Å². The van der Waals surface area contributed by atoms with E-state index in [1.54, 1.807) is 13.0 Å². The van der Waals surface area contributed by atoms with Crippen LogP contribution in [0.3, 0.4) is 0 Å². The number of aliphatic hydroxyl groups is 1. The van der Waals surface area contributed by atoms with E-state index in [9.17, 15) is 4.79 Å². The standard InChI is InChI=1S/C11H19NO3/c1-2-15-11(14)4-3-5-12-8-9-6-10(13)7-9/h3-4,9-10,12-13H,2,5-8H2,1H3/b4-3+. The van der Waals surface area contributed by atoms with E-state index in [1.165, 1.54) is 6.08 Å². The Bertz CT molecular complexity index is 222. The second-order valence-electron chi connectivity index (χ2n) is 3.80. The highest BCUT2D eigenvalue weighted by Gasteiger charge is 2.26. The molecule has 2 N–H and O–H groups in total. The molecule has 15 heavy (non-hydrogen) atoms. The molecule has 1 fully saturated rings. The van der Waals surface area contributed by atoms with E-state index in [4.69, 9.17) is 9.84 Å². The normalized spacial score (nSPS) is 25.2. The SMILES string of the molecule is CCOC(=O)/C=C/CNCC1CC(O)C1. The molecule has 1 saturated carbocycles. The van der Waals surface area contributed by atoms with Crippen LogP contribution in [0.15, 0.2) is 12.2 Å². The molecule has 0 bridgehead atoms. The molecule has 0 aromatic heterocycles. The van der Waals surface area contributed by atoms with Crippen molar-refractivity contribution in [1.82, 2.24) is 5.32 Å². The van der Waals surface area contributed by atoms with Gasteiger partial charge in [0, 0.05) is 12.6 Å². The van der Waals surface area contributed by atoms with Crippen LogP contribution in [0, 0.1) is 5.92 Å². The van der Waals surface area contributed by atoms with Gasteiger partial charge in [-0.05, 0) is 32.2 Å². The molecule has 0 aliphatic heterocycles. The lowest BCUT2D eigenvalue weighted by Crippen LogP contribution is -2.36. The minimum absolute atomic E-state index is 0.0909. The van der Waals surface area contributed by atoms with Crippen LogP contribution >= 0.6 is 0 Å². The summed E-state index contributed by atoms with van der Waals surface area (Å²) in [4.78, 5) is 10.9. The predicted molar refractivity (Wildman–Crippen MR) is 57.4 cm³/mol. The molecule has 0 unspecified atom stereocenters. The summed E-state index contributed by atoms with van der Waals surface area (Å²) in [5, 5.41) is 12.2. The predicted octanol–water partition coefficient (Wildman–Crippen LogP) is 0.466. The van der Waals surface area contributed by atoms with Crippen molar-refractivity contribution < 1.29 is 14.6 Å². The number of hydrogen-bond donors (Lipinski definition) is 2. The Morgan fingerprint density at radius 2 is 2.33 bits per heavy atom. The van der Waals surface area contributed by atoms with Crippen LogP contribution in [-0.4, -0.2) is 36.9 Å². The highest BCUT2D eigenvalue weighted by molar-refractivity contribution is 5.81. The summed E-state index contributed by atoms with van der Waals surface area (Å²) < 4.78 is 4.73. The van der Waals surface area contributed by atoms with Gasteiger partial charge >= 0.3 is 5.97 Å². The molecule has 0 amide bonds. The molecule has 86 valence electrons. The van der Waals surface area contributed by atoms with Crippen molar-refractivity contribution >= 4 is 5.97 Å². The average Bonchev–Trinajstić information content (AvgIpc) is 2.14. The van der Waals surface area contributed by atoms with E-state index in [1.807, 2.05) is 0 Å². The zero-order valence-corrected chi connectivity index (χ0v) is 9.11. The molecule has 1 aliphatic carbocycles. The Kier molecular flexibility index (Phi) is 5.36. The van der Waals surface area contributed by atoms with Crippen LogP contribution in [0.25, 0.3) is 0 Å². The molecular weight excluding hydrogens is 194 g/mol. The van der Waals surface area contributed by atoms with Gasteiger partial charge in [-0.15, -0.1) is 0 Å². The summed E-state index contributed by atoms with van der Waals surface area (Å²) >= 11 is 0. The van der Waals surface area contributed by atoms with E-state index in [0.717, 1.165) is 19.4 Å². The third-order valence-electron chi connectivity index (χ3n) is 2.45. The Hall–Kier alpha value is -0.870. The second kappa shape index (κ2) is 6.58. The number of aliphatic hydroxyl groups excluding tert-OH is 1. The topological polar surface area (TPSA) is 58.6 Å². The van der Waals surface area contributed by atoms with Crippen molar-refractivity contribution in [2.75, 3.05) is 19.7 Å². The van der Waals surface area contributed by atoms with Crippen LogP contribution in [0.4, 0.5) is 0 Å². The average molecular weight is 213 g/mol. The van der Waals surface area contributed by atoms with Crippen molar-refractivity contribution in [3.63, 3.8) is 0 Å². The maximum absolute atomic E-state index is 10.9. The summed E-state index contributed by atoms with van der Waals surface area (Å²) in [6.07, 6.45) is 4.90. The fourth-order valence-corrected chi connectivity index (χ4v) is 1.58. The zero-order chi connectivity index (χ0) is 11.1. The summed E-state index contributed by atoms with van der Waals surface area (Å²) in [7, 11) is 0. The van der Waals surface area contributed by atoms with Crippen molar-refractivity contribution in [2.24, 2.45) is 5.92 Å². The maximum atomic E-state index is 10.9. The lowest BCUT2D eigenvalue weighted by Gasteiger charge is -2.31. The van der Waals surface area contributed by atoms with Gasteiger partial charge in [-0.2, -0.15) is 0 Å². The first kappa shape index (κ1) is 12.2. The Morgan fingerprint density at radius 3 is 2.93 bits per heavy atom. The van der Waals surface area contributed by atoms with Gasteiger partial charge in [-0.1, -0.05) is 6.08 Å². The molecule has 4 heteroatoms. The maximum Gasteiger partial charge on any atom is 0.330 e. The van der Waals surface area contributed by atoms with Gasteiger partial charge in [0.15, 0.2) is 0 Å². The molecule has 0 saturated heterocycles. The lowest BCUT2D eigenvalue weighted by molar-refractivity contribution is -0.137. The number of rotatable bonds is 6. The van der Waals surface area contributed by atoms with Crippen LogP contribution in [-0.2, 0) is 9.53 Å². The van der Waals surface area contributed by atoms with Gasteiger partial charge in [0.25, 0.3) is 0 Å². The number of nitrogens with one attached hydrogen (secondary N) is 1. The van der Waals surface area contributed by atoms with Crippen LogP contribution in [0.5, 0.6) is 0 Å². The van der Waals surface area contributed by atoms with Crippen molar-refractivity contribution in [1.29, 1.82) is 0 Å². The van der Waals surface area contributed by atoms with Crippen LogP contribution < -0.4 is 5.32 Å². The van der Waals surface area contributed by atoms with Crippen molar-refractivity contribution in [2.45, 2.75) is 25.9 Å². The molecule has 0 aromatic rings. The smallest absolute Gasteiger partial charge is 0.330 e. The highest BCUT2D eigenvalue weighted by atomic mass is 16.5. The number of carbonyl (C=O) groups excluding carboxylic acids is 1. The second-order valence-corrected chi connectivity index (χ2v) is 3.80. The minimum Gasteiger partial charge on any atom is -0.463 e. The third-order valence-corrected chi connectivity index (χ3v) is 2.45. The van der Waals surface area contributed by atoms with Gasteiger partial charge in [-0.3, -0.25) is 0 Å². The first-order chi connectivity index (χ1) is 7.22. The summed E-state index contributed by atoms with van der Waals surface area (Å²) in [6, 6.07) is 0. The van der Waals surface area contributed by atoms with Gasteiger partial charge in [0.05, 0.1) is 12.7 Å². The molecule has 0 radical (unpaired) electrons. The van der Waals surface area contributed by atoms with Crippen LogP contribution in [0.1, 0.15) is 19.8 Å². The number of hydrogen-bond acceptors (Lipinski definition) is 4. The summed E-state index contributed by atoms with van der Waals surface area (Å²) in [6.45, 7) is 3.78. The first-order valence-corrected chi connectivity index (χ1v) is 5.44. The highest BCUT2D eigenvalue weighted by Crippen LogP contribution is 2.25. The summed E-state index contributed by atoms with van der Waals surface area (Å²) in [5.41, 5.74) is 0. The number of esters is 1. The van der Waals surface area contributed by atoms with Gasteiger partial charge < -0.3 is 15.2 Å². The first-order valence-electron chi connectivity index (χ1n) is 5.44. The molecule has 0 spiro atoms. The molecule has 4 nitrogen and oxygen atoms in total. The zero-order valence-electron chi connectivity index (χ0n) is 9.11. The minimum atomic E-state index is -0.293. The van der Waals surface area contributed by atoms with Crippen molar-refractivity contribution in [3.8, 4) is 0 Å². The monoisotopic (exact) mass is 213 g/mol. The van der Waals surface area contributed by atoms with E-state index >= 15 is 0 Å². The molecule has 1 aliphatic rings. The van der Waals surface area contributed by atoms with Gasteiger partial charge in [0.1, 0.15) is 0 Å².